The molecule has 29 heavy (non-hydrogen) atoms. The Labute approximate surface area is 168 Å². The summed E-state index contributed by atoms with van der Waals surface area (Å²) in [4.78, 5) is 28.3. The van der Waals surface area contributed by atoms with Gasteiger partial charge >= 0.3 is 6.18 Å². The smallest absolute Gasteiger partial charge is 0.347 e. The normalized spacial score (nSPS) is 15.9. The Hall–Kier alpha value is -2.49. The number of nitro groups is 1. The number of hydrogen-bond donors (Lipinski definition) is 0. The third-order valence-corrected chi connectivity index (χ3v) is 6.20. The number of likely N-dealkylation sites (N-methyl/N-ethyl adjacent to an activating group) is 1. The number of halogens is 3. The molecular formula is C19H20F3N3O3S. The fraction of sp³-hybridized carbons (Fsp3) is 0.474. The molecule has 1 fully saturated rings. The number of nitro benzene ring substituents is 1. The molecule has 1 saturated carbocycles. The van der Waals surface area contributed by atoms with Gasteiger partial charge in [0, 0.05) is 19.7 Å². The van der Waals surface area contributed by atoms with E-state index >= 15 is 0 Å². The van der Waals surface area contributed by atoms with Gasteiger partial charge in [0.15, 0.2) is 5.13 Å². The summed E-state index contributed by atoms with van der Waals surface area (Å²) >= 11 is 0.841. The van der Waals surface area contributed by atoms with Crippen LogP contribution < -0.4 is 10.5 Å². The zero-order chi connectivity index (χ0) is 21.2. The molecular weight excluding hydrogens is 407 g/mol. The monoisotopic (exact) mass is 427 g/mol. The number of rotatable bonds is 5. The minimum Gasteiger partial charge on any atom is -0.347 e. The minimum absolute atomic E-state index is 0.110. The molecule has 1 aromatic heterocycles. The maximum atomic E-state index is 13.0. The van der Waals surface area contributed by atoms with Crippen molar-refractivity contribution in [3.8, 4) is 0 Å². The third kappa shape index (κ3) is 4.92. The lowest BCUT2D eigenvalue weighted by atomic mass is 9.89. The molecule has 1 aliphatic carbocycles. The average Bonchev–Trinajstić information content (AvgIpc) is 2.67. The van der Waals surface area contributed by atoms with E-state index in [0.717, 1.165) is 24.2 Å². The fourth-order valence-electron chi connectivity index (χ4n) is 3.42. The largest absolute Gasteiger partial charge is 0.416 e. The maximum absolute atomic E-state index is 13.0. The number of anilines is 1. The average molecular weight is 427 g/mol. The van der Waals surface area contributed by atoms with Crippen LogP contribution >= 0.6 is 11.3 Å². The van der Waals surface area contributed by atoms with Crippen LogP contribution in [-0.4, -0.2) is 23.5 Å². The summed E-state index contributed by atoms with van der Waals surface area (Å²) in [6.07, 6.45) is 5.29. The van der Waals surface area contributed by atoms with Crippen LogP contribution in [0.1, 0.15) is 37.7 Å². The number of hydrogen-bond acceptors (Lipinski definition) is 6. The van der Waals surface area contributed by atoms with E-state index in [-0.39, 0.29) is 9.83 Å². The number of allylic oxidation sites excluding steroid dienone is 1. The zero-order valence-electron chi connectivity index (χ0n) is 15.7. The lowest BCUT2D eigenvalue weighted by Gasteiger charge is -2.19. The molecule has 0 atom stereocenters. The van der Waals surface area contributed by atoms with Crippen LogP contribution in [0.2, 0.25) is 0 Å². The van der Waals surface area contributed by atoms with Crippen molar-refractivity contribution in [1.29, 1.82) is 0 Å². The van der Waals surface area contributed by atoms with E-state index in [9.17, 15) is 28.1 Å². The van der Waals surface area contributed by atoms with Crippen molar-refractivity contribution in [2.24, 2.45) is 5.92 Å². The lowest BCUT2D eigenvalue weighted by molar-refractivity contribution is -0.383. The molecule has 0 radical (unpaired) electrons. The topological polar surface area (TPSA) is 76.3 Å². The first-order valence-electron chi connectivity index (χ1n) is 9.25. The van der Waals surface area contributed by atoms with Crippen LogP contribution in [0.5, 0.6) is 0 Å². The highest BCUT2D eigenvalue weighted by atomic mass is 32.1. The molecule has 0 N–H and O–H groups in total. The van der Waals surface area contributed by atoms with Crippen LogP contribution in [0.25, 0.3) is 10.1 Å². The van der Waals surface area contributed by atoms with Gasteiger partial charge in [-0.05, 0) is 24.8 Å². The van der Waals surface area contributed by atoms with E-state index < -0.39 is 33.3 Å². The molecule has 1 heterocycles. The second-order valence-electron chi connectivity index (χ2n) is 7.14. The number of aromatic nitrogens is 1. The number of non-ortho nitro benzene ring substituents is 1. The van der Waals surface area contributed by atoms with E-state index in [1.165, 1.54) is 19.3 Å². The Kier molecular flexibility index (Phi) is 6.21. The van der Waals surface area contributed by atoms with E-state index in [0.29, 0.717) is 24.6 Å². The summed E-state index contributed by atoms with van der Waals surface area (Å²) < 4.78 is 39.0. The quantitative estimate of drug-likeness (QED) is 0.374. The van der Waals surface area contributed by atoms with Gasteiger partial charge in [0.25, 0.3) is 11.2 Å². The zero-order valence-corrected chi connectivity index (χ0v) is 16.6. The Balaban J connectivity index is 1.93. The second kappa shape index (κ2) is 8.48. The molecule has 0 spiro atoms. The summed E-state index contributed by atoms with van der Waals surface area (Å²) in [5.41, 5.74) is -2.89. The van der Waals surface area contributed by atoms with Crippen LogP contribution in [0.4, 0.5) is 24.0 Å². The summed E-state index contributed by atoms with van der Waals surface area (Å²) in [6.45, 7) is 0.444. The van der Waals surface area contributed by atoms with Crippen molar-refractivity contribution in [1.82, 2.24) is 4.98 Å². The first-order valence-corrected chi connectivity index (χ1v) is 10.1. The lowest BCUT2D eigenvalue weighted by Crippen LogP contribution is -2.21. The predicted octanol–water partition coefficient (Wildman–Crippen LogP) is 5.16. The van der Waals surface area contributed by atoms with Crippen molar-refractivity contribution >= 4 is 32.2 Å². The molecule has 2 aromatic rings. The van der Waals surface area contributed by atoms with E-state index in [4.69, 9.17) is 0 Å². The van der Waals surface area contributed by atoms with E-state index in [1.807, 2.05) is 6.08 Å². The van der Waals surface area contributed by atoms with Crippen molar-refractivity contribution in [2.75, 3.05) is 18.5 Å². The number of benzene rings is 1. The van der Waals surface area contributed by atoms with E-state index in [1.54, 1.807) is 11.9 Å². The van der Waals surface area contributed by atoms with E-state index in [2.05, 4.69) is 11.1 Å². The Morgan fingerprint density at radius 1 is 1.31 bits per heavy atom. The van der Waals surface area contributed by atoms with Crippen molar-refractivity contribution in [3.63, 3.8) is 0 Å². The standard InChI is InChI=1S/C19H20F3N3O3S/c1-24(9-5-8-12-6-3-2-4-7-12)18-23-17(26)14-10-13(19(20,21)22)11-15(25(27)28)16(14)29-18/h5,8,10-12H,2-4,6-7,9H2,1H3/b8-5+. The molecule has 0 amide bonds. The SMILES string of the molecule is CN(C/C=C/C1CCCCC1)c1nc(=O)c2cc(C(F)(F)F)cc([N+](=O)[O-])c2s1. The predicted molar refractivity (Wildman–Crippen MR) is 107 cm³/mol. The third-order valence-electron chi connectivity index (χ3n) is 4.98. The molecule has 0 saturated heterocycles. The van der Waals surface area contributed by atoms with Gasteiger partial charge in [-0.25, -0.2) is 0 Å². The van der Waals surface area contributed by atoms with Crippen molar-refractivity contribution in [2.45, 2.75) is 38.3 Å². The molecule has 3 rings (SSSR count). The molecule has 0 bridgehead atoms. The molecule has 0 unspecified atom stereocenters. The molecule has 1 aromatic carbocycles. The van der Waals surface area contributed by atoms with Gasteiger partial charge in [-0.2, -0.15) is 18.2 Å². The fourth-order valence-corrected chi connectivity index (χ4v) is 4.46. The number of alkyl halides is 3. The van der Waals surface area contributed by atoms with Crippen LogP contribution in [0.15, 0.2) is 29.1 Å². The molecule has 6 nitrogen and oxygen atoms in total. The minimum atomic E-state index is -4.80. The van der Waals surface area contributed by atoms with Gasteiger partial charge in [0.05, 0.1) is 15.9 Å². The van der Waals surface area contributed by atoms with Gasteiger partial charge in [-0.15, -0.1) is 0 Å². The second-order valence-corrected chi connectivity index (χ2v) is 8.11. The molecule has 1 aliphatic rings. The maximum Gasteiger partial charge on any atom is 0.416 e. The number of nitrogens with zero attached hydrogens (tertiary/aromatic N) is 3. The first-order chi connectivity index (χ1) is 13.7. The van der Waals surface area contributed by atoms with Gasteiger partial charge in [-0.1, -0.05) is 42.8 Å². The Bertz CT molecular complexity index is 998. The van der Waals surface area contributed by atoms with Gasteiger partial charge in [0.1, 0.15) is 4.70 Å². The Morgan fingerprint density at radius 2 is 2.00 bits per heavy atom. The van der Waals surface area contributed by atoms with Crippen LogP contribution in [0.3, 0.4) is 0 Å². The summed E-state index contributed by atoms with van der Waals surface area (Å²) in [5.74, 6) is 0.530. The highest BCUT2D eigenvalue weighted by Crippen LogP contribution is 2.38. The first kappa shape index (κ1) is 21.2. The van der Waals surface area contributed by atoms with Crippen LogP contribution in [-0.2, 0) is 6.18 Å². The summed E-state index contributed by atoms with van der Waals surface area (Å²) in [5, 5.41) is 11.2. The molecule has 156 valence electrons. The van der Waals surface area contributed by atoms with Gasteiger partial charge in [-0.3, -0.25) is 14.9 Å². The van der Waals surface area contributed by atoms with Crippen molar-refractivity contribution < 1.29 is 18.1 Å². The highest BCUT2D eigenvalue weighted by Gasteiger charge is 2.34. The molecule has 0 aliphatic heterocycles. The highest BCUT2D eigenvalue weighted by molar-refractivity contribution is 7.22. The van der Waals surface area contributed by atoms with Crippen LogP contribution in [0, 0.1) is 16.0 Å². The number of fused-ring (bicyclic) bond motifs is 1. The van der Waals surface area contributed by atoms with Gasteiger partial charge in [0.2, 0.25) is 0 Å². The summed E-state index contributed by atoms with van der Waals surface area (Å²) in [7, 11) is 1.69. The van der Waals surface area contributed by atoms with Gasteiger partial charge < -0.3 is 4.90 Å². The Morgan fingerprint density at radius 3 is 2.62 bits per heavy atom. The van der Waals surface area contributed by atoms with Crippen molar-refractivity contribution in [3.05, 3.63) is 50.3 Å². The summed E-state index contributed by atoms with van der Waals surface area (Å²) in [6, 6.07) is 1.09. The molecule has 10 heteroatoms.